The number of ether oxygens (including phenoxy) is 1. The maximum Gasteiger partial charge on any atom is 0.339 e. The molecule has 0 radical (unpaired) electrons. The second-order valence-corrected chi connectivity index (χ2v) is 4.63. The molecular weight excluding hydrogens is 252 g/mol. The van der Waals surface area contributed by atoms with E-state index >= 15 is 0 Å². The minimum Gasteiger partial charge on any atom is -0.451 e. The molecular formula is C17H14O3. The molecule has 0 heterocycles. The third kappa shape index (κ3) is 2.24. The van der Waals surface area contributed by atoms with Gasteiger partial charge in [0.15, 0.2) is 6.10 Å². The van der Waals surface area contributed by atoms with E-state index in [-0.39, 0.29) is 6.61 Å². The fourth-order valence-electron chi connectivity index (χ4n) is 2.34. The topological polar surface area (TPSA) is 46.5 Å². The minimum atomic E-state index is -0.636. The van der Waals surface area contributed by atoms with E-state index < -0.39 is 12.1 Å². The molecule has 1 atom stereocenters. The lowest BCUT2D eigenvalue weighted by molar-refractivity contribution is -0.146. The Kier molecular flexibility index (Phi) is 3.35. The Morgan fingerprint density at radius 1 is 1.15 bits per heavy atom. The molecule has 0 saturated carbocycles. The van der Waals surface area contributed by atoms with E-state index in [2.05, 4.69) is 0 Å². The van der Waals surface area contributed by atoms with Crippen molar-refractivity contribution in [3.8, 4) is 0 Å². The van der Waals surface area contributed by atoms with E-state index in [0.29, 0.717) is 5.57 Å². The predicted molar refractivity (Wildman–Crippen MR) is 75.7 cm³/mol. The third-order valence-electron chi connectivity index (χ3n) is 3.38. The van der Waals surface area contributed by atoms with Crippen molar-refractivity contribution in [2.45, 2.75) is 6.10 Å². The summed E-state index contributed by atoms with van der Waals surface area (Å²) in [6, 6.07) is 9.24. The normalized spacial score (nSPS) is 17.1. The number of esters is 1. The van der Waals surface area contributed by atoms with Crippen LogP contribution in [0.5, 0.6) is 0 Å². The highest BCUT2D eigenvalue weighted by Gasteiger charge is 2.24. The van der Waals surface area contributed by atoms with Crippen molar-refractivity contribution in [2.75, 3.05) is 6.61 Å². The van der Waals surface area contributed by atoms with Crippen LogP contribution in [0.15, 0.2) is 77.4 Å². The number of carbonyl (C=O) groups is 1. The Morgan fingerprint density at radius 2 is 1.95 bits per heavy atom. The van der Waals surface area contributed by atoms with Gasteiger partial charge in [0, 0.05) is 0 Å². The van der Waals surface area contributed by atoms with E-state index in [1.807, 2.05) is 54.6 Å². The summed E-state index contributed by atoms with van der Waals surface area (Å²) in [5, 5.41) is 9.42. The number of aliphatic hydroxyl groups is 1. The monoisotopic (exact) mass is 266 g/mol. The van der Waals surface area contributed by atoms with Crippen molar-refractivity contribution in [1.82, 2.24) is 0 Å². The van der Waals surface area contributed by atoms with Gasteiger partial charge in [-0.05, 0) is 22.8 Å². The number of carbonyl (C=O) groups excluding carboxylic acids is 1. The Labute approximate surface area is 117 Å². The fraction of sp³-hybridized carbons (Fsp3) is 0.118. The first-order valence-electron chi connectivity index (χ1n) is 6.47. The zero-order chi connectivity index (χ0) is 13.9. The van der Waals surface area contributed by atoms with Crippen molar-refractivity contribution in [3.63, 3.8) is 0 Å². The van der Waals surface area contributed by atoms with Crippen LogP contribution in [0.4, 0.5) is 0 Å². The molecule has 1 N–H and O–H groups in total. The Hall–Kier alpha value is -2.39. The minimum absolute atomic E-state index is 0.235. The standard InChI is InChI=1S/C17H14O3/c18-11-16(13-5-2-1-3-6-13)20-17(19)15-10-9-12-7-4-8-14(12)15/h1-10,16,18H,11H2/t16-/m1/s1. The maximum absolute atomic E-state index is 12.2. The molecule has 0 spiro atoms. The largest absolute Gasteiger partial charge is 0.451 e. The summed E-state index contributed by atoms with van der Waals surface area (Å²) in [6.07, 6.45) is 8.76. The number of allylic oxidation sites excluding steroid dienone is 6. The molecule has 3 heteroatoms. The molecule has 0 fully saturated rings. The molecule has 100 valence electrons. The first-order valence-corrected chi connectivity index (χ1v) is 6.47. The number of hydrogen-bond acceptors (Lipinski definition) is 3. The zero-order valence-corrected chi connectivity index (χ0v) is 10.8. The van der Waals surface area contributed by atoms with Crippen LogP contribution in [0.25, 0.3) is 0 Å². The summed E-state index contributed by atoms with van der Waals surface area (Å²) in [5.41, 5.74) is 3.24. The fourth-order valence-corrected chi connectivity index (χ4v) is 2.34. The van der Waals surface area contributed by atoms with Crippen LogP contribution < -0.4 is 0 Å². The summed E-state index contributed by atoms with van der Waals surface area (Å²) in [4.78, 5) is 12.2. The molecule has 0 aliphatic heterocycles. The molecule has 2 aliphatic carbocycles. The first-order chi connectivity index (χ1) is 9.79. The van der Waals surface area contributed by atoms with Gasteiger partial charge in [-0.15, -0.1) is 0 Å². The van der Waals surface area contributed by atoms with Crippen LogP contribution in [0.1, 0.15) is 11.7 Å². The van der Waals surface area contributed by atoms with E-state index in [1.54, 1.807) is 6.08 Å². The van der Waals surface area contributed by atoms with Crippen LogP contribution in [0, 0.1) is 0 Å². The summed E-state index contributed by atoms with van der Waals surface area (Å²) in [7, 11) is 0. The highest BCUT2D eigenvalue weighted by molar-refractivity contribution is 5.97. The van der Waals surface area contributed by atoms with Gasteiger partial charge in [0.1, 0.15) is 0 Å². The number of benzene rings is 1. The average molecular weight is 266 g/mol. The van der Waals surface area contributed by atoms with Crippen LogP contribution in [-0.4, -0.2) is 17.7 Å². The lowest BCUT2D eigenvalue weighted by atomic mass is 10.1. The molecule has 1 aromatic rings. The van der Waals surface area contributed by atoms with Gasteiger partial charge >= 0.3 is 5.97 Å². The van der Waals surface area contributed by atoms with E-state index in [1.165, 1.54) is 0 Å². The number of fused-ring (bicyclic) bond motifs is 1. The van der Waals surface area contributed by atoms with Gasteiger partial charge in [-0.1, -0.05) is 54.6 Å². The van der Waals surface area contributed by atoms with Crippen molar-refractivity contribution >= 4 is 5.97 Å². The highest BCUT2D eigenvalue weighted by atomic mass is 16.6. The first kappa shape index (κ1) is 12.6. The van der Waals surface area contributed by atoms with Gasteiger partial charge in [-0.25, -0.2) is 4.79 Å². The Balaban J connectivity index is 1.79. The smallest absolute Gasteiger partial charge is 0.339 e. The Morgan fingerprint density at radius 3 is 2.70 bits per heavy atom. The van der Waals surface area contributed by atoms with Gasteiger partial charge in [-0.3, -0.25) is 0 Å². The van der Waals surface area contributed by atoms with Crippen LogP contribution >= 0.6 is 0 Å². The van der Waals surface area contributed by atoms with E-state index in [4.69, 9.17) is 4.74 Å². The van der Waals surface area contributed by atoms with E-state index in [9.17, 15) is 9.90 Å². The van der Waals surface area contributed by atoms with Crippen molar-refractivity contribution in [2.24, 2.45) is 0 Å². The summed E-state index contributed by atoms with van der Waals surface area (Å²) >= 11 is 0. The molecule has 0 amide bonds. The number of rotatable bonds is 4. The maximum atomic E-state index is 12.2. The van der Waals surface area contributed by atoms with Crippen molar-refractivity contribution in [1.29, 1.82) is 0 Å². The van der Waals surface area contributed by atoms with Gasteiger partial charge in [0.25, 0.3) is 0 Å². The second-order valence-electron chi connectivity index (χ2n) is 4.63. The predicted octanol–water partition coefficient (Wildman–Crippen LogP) is 2.63. The lowest BCUT2D eigenvalue weighted by Gasteiger charge is -2.16. The second kappa shape index (κ2) is 5.31. The zero-order valence-electron chi connectivity index (χ0n) is 10.8. The molecule has 2 aliphatic rings. The van der Waals surface area contributed by atoms with Crippen molar-refractivity contribution < 1.29 is 14.6 Å². The third-order valence-corrected chi connectivity index (χ3v) is 3.38. The van der Waals surface area contributed by atoms with Crippen molar-refractivity contribution in [3.05, 3.63) is 83.0 Å². The molecule has 0 bridgehead atoms. The molecule has 3 nitrogen and oxygen atoms in total. The highest BCUT2D eigenvalue weighted by Crippen LogP contribution is 2.31. The van der Waals surface area contributed by atoms with Gasteiger partial charge in [0.05, 0.1) is 12.2 Å². The van der Waals surface area contributed by atoms with Crippen LogP contribution in [-0.2, 0) is 9.53 Å². The van der Waals surface area contributed by atoms with Crippen LogP contribution in [0.2, 0.25) is 0 Å². The molecule has 3 rings (SSSR count). The van der Waals surface area contributed by atoms with Crippen LogP contribution in [0.3, 0.4) is 0 Å². The SMILES string of the molecule is O=C(O[C@H](CO)c1ccccc1)C1=C2C=CC=C2C=C1. The quantitative estimate of drug-likeness (QED) is 0.852. The van der Waals surface area contributed by atoms with Gasteiger partial charge in [0.2, 0.25) is 0 Å². The summed E-state index contributed by atoms with van der Waals surface area (Å²) < 4.78 is 5.42. The van der Waals surface area contributed by atoms with Gasteiger partial charge in [-0.2, -0.15) is 0 Å². The van der Waals surface area contributed by atoms with Gasteiger partial charge < -0.3 is 9.84 Å². The number of hydrogen-bond donors (Lipinski definition) is 1. The summed E-state index contributed by atoms with van der Waals surface area (Å²) in [6.45, 7) is -0.235. The average Bonchev–Trinajstić information content (AvgIpc) is 3.08. The molecule has 1 aromatic carbocycles. The molecule has 0 aromatic heterocycles. The Bertz CT molecular complexity index is 648. The van der Waals surface area contributed by atoms with E-state index in [0.717, 1.165) is 16.7 Å². The molecule has 0 unspecified atom stereocenters. The lowest BCUT2D eigenvalue weighted by Crippen LogP contribution is -2.16. The molecule has 20 heavy (non-hydrogen) atoms. The summed E-state index contributed by atoms with van der Waals surface area (Å²) in [5.74, 6) is -0.408. The number of aliphatic hydroxyl groups excluding tert-OH is 1. The molecule has 0 saturated heterocycles.